The molecular weight excluding hydrogens is 520 g/mol. The van der Waals surface area contributed by atoms with Crippen LogP contribution in [-0.4, -0.2) is 67.2 Å². The van der Waals surface area contributed by atoms with Crippen molar-refractivity contribution in [2.45, 2.75) is 105 Å². The van der Waals surface area contributed by atoms with Crippen LogP contribution in [0.5, 0.6) is 0 Å². The van der Waals surface area contributed by atoms with Crippen LogP contribution in [0.15, 0.2) is 11.6 Å². The highest BCUT2D eigenvalue weighted by Crippen LogP contribution is 2.75. The Balaban J connectivity index is 1.51. The summed E-state index contributed by atoms with van der Waals surface area (Å²) in [6, 6.07) is 0. The summed E-state index contributed by atoms with van der Waals surface area (Å²) >= 11 is 0. The highest BCUT2D eigenvalue weighted by molar-refractivity contribution is 5.78. The van der Waals surface area contributed by atoms with Gasteiger partial charge in [-0.3, -0.25) is 4.79 Å². The van der Waals surface area contributed by atoms with Crippen LogP contribution in [0.2, 0.25) is 0 Å². The number of hydrogen-bond acceptors (Lipinski definition) is 7. The summed E-state index contributed by atoms with van der Waals surface area (Å²) < 4.78 is 16.4. The number of ether oxygens (including phenoxy) is 3. The van der Waals surface area contributed by atoms with Gasteiger partial charge in [0.2, 0.25) is 0 Å². The molecule has 5 aliphatic rings. The smallest absolute Gasteiger partial charge is 0.314 e. The van der Waals surface area contributed by atoms with Gasteiger partial charge in [-0.05, 0) is 97.2 Å². The Bertz CT molecular complexity index is 1030. The van der Waals surface area contributed by atoms with Gasteiger partial charge in [-0.1, -0.05) is 53.2 Å². The maximum absolute atomic E-state index is 14.0. The van der Waals surface area contributed by atoms with Crippen LogP contribution in [0.4, 0.5) is 0 Å². The first kappa shape index (κ1) is 31.4. The van der Waals surface area contributed by atoms with E-state index in [0.717, 1.165) is 44.9 Å². The molecule has 4 saturated carbocycles. The summed E-state index contributed by atoms with van der Waals surface area (Å²) in [5, 5.41) is 32.7. The van der Waals surface area contributed by atoms with Crippen LogP contribution >= 0.6 is 0 Å². The van der Waals surface area contributed by atoms with Crippen LogP contribution in [-0.2, 0) is 19.0 Å². The van der Waals surface area contributed by atoms with E-state index in [1.165, 1.54) is 5.57 Å². The molecule has 0 aromatic carbocycles. The molecule has 0 aliphatic heterocycles. The summed E-state index contributed by atoms with van der Waals surface area (Å²) in [5.74, 6) is 1.39. The van der Waals surface area contributed by atoms with Crippen molar-refractivity contribution in [3.05, 3.63) is 11.6 Å². The normalized spacial score (nSPS) is 51.0. The molecule has 5 aliphatic carbocycles. The second-order valence-corrected chi connectivity index (χ2v) is 15.6. The number of aliphatic hydroxyl groups excluding tert-OH is 3. The molecule has 12 atom stereocenters. The summed E-state index contributed by atoms with van der Waals surface area (Å²) in [6.45, 7) is 14.6. The zero-order chi connectivity index (χ0) is 30.0. The first-order valence-corrected chi connectivity index (χ1v) is 16.2. The molecule has 0 aromatic heterocycles. The van der Waals surface area contributed by atoms with E-state index in [4.69, 9.17) is 14.2 Å². The monoisotopic (exact) mass is 576 g/mol. The fourth-order valence-corrected chi connectivity index (χ4v) is 11.4. The van der Waals surface area contributed by atoms with Crippen LogP contribution in [0, 0.1) is 56.7 Å². The van der Waals surface area contributed by atoms with Gasteiger partial charge in [0.05, 0.1) is 37.4 Å². The SMILES string of the molecule is COCCOCOC(=O)[C@]12CC[C@@H](C)[C@H](C)C1C1=CCC3[C@@]4(C)C[C@@H](O)[C@H](O)[C@@](C)(CO)C4CC[C@@]3(C)[C@]1(C)CC2. The third-order valence-corrected chi connectivity index (χ3v) is 14.2. The Morgan fingerprint density at radius 3 is 2.41 bits per heavy atom. The maximum Gasteiger partial charge on any atom is 0.314 e. The van der Waals surface area contributed by atoms with Crippen molar-refractivity contribution in [3.63, 3.8) is 0 Å². The lowest BCUT2D eigenvalue weighted by Crippen LogP contribution is -2.68. The first-order valence-electron chi connectivity index (χ1n) is 16.2. The topological polar surface area (TPSA) is 105 Å². The van der Waals surface area contributed by atoms with Crippen molar-refractivity contribution in [3.8, 4) is 0 Å². The quantitative estimate of drug-likeness (QED) is 0.167. The van der Waals surface area contributed by atoms with Gasteiger partial charge < -0.3 is 29.5 Å². The van der Waals surface area contributed by atoms with Gasteiger partial charge in [0.15, 0.2) is 6.79 Å². The molecule has 0 heterocycles. The fraction of sp³-hybridized carbons (Fsp3) is 0.912. The Morgan fingerprint density at radius 2 is 1.73 bits per heavy atom. The maximum atomic E-state index is 14.0. The van der Waals surface area contributed by atoms with E-state index in [2.05, 4.69) is 40.7 Å². The van der Waals surface area contributed by atoms with Gasteiger partial charge in [0, 0.05) is 12.5 Å². The fourth-order valence-electron chi connectivity index (χ4n) is 11.4. The molecule has 41 heavy (non-hydrogen) atoms. The van der Waals surface area contributed by atoms with Crippen molar-refractivity contribution in [1.82, 2.24) is 0 Å². The highest BCUT2D eigenvalue weighted by Gasteiger charge is 2.70. The summed E-state index contributed by atoms with van der Waals surface area (Å²) in [5.41, 5.74) is -0.0695. The van der Waals surface area contributed by atoms with Crippen molar-refractivity contribution < 1.29 is 34.3 Å². The third-order valence-electron chi connectivity index (χ3n) is 14.2. The van der Waals surface area contributed by atoms with E-state index in [1.807, 2.05) is 6.92 Å². The lowest BCUT2D eigenvalue weighted by Gasteiger charge is -2.71. The van der Waals surface area contributed by atoms with Gasteiger partial charge >= 0.3 is 5.97 Å². The zero-order valence-corrected chi connectivity index (χ0v) is 26.6. The molecule has 0 bridgehead atoms. The molecule has 3 unspecified atom stereocenters. The number of esters is 1. The number of hydrogen-bond donors (Lipinski definition) is 3. The molecule has 0 saturated heterocycles. The van der Waals surface area contributed by atoms with Crippen LogP contribution in [0.25, 0.3) is 0 Å². The molecule has 7 heteroatoms. The lowest BCUT2D eigenvalue weighted by molar-refractivity contribution is -0.244. The van der Waals surface area contributed by atoms with Gasteiger partial charge in [0.25, 0.3) is 0 Å². The summed E-state index contributed by atoms with van der Waals surface area (Å²) in [7, 11) is 1.63. The van der Waals surface area contributed by atoms with E-state index >= 15 is 0 Å². The largest absolute Gasteiger partial charge is 0.438 e. The Hall–Kier alpha value is -0.990. The molecular formula is C34H56O7. The second kappa shape index (κ2) is 10.9. The van der Waals surface area contributed by atoms with Gasteiger partial charge in [-0.2, -0.15) is 0 Å². The van der Waals surface area contributed by atoms with Crippen LogP contribution < -0.4 is 0 Å². The molecule has 3 N–H and O–H groups in total. The number of aliphatic hydroxyl groups is 3. The van der Waals surface area contributed by atoms with E-state index in [9.17, 15) is 20.1 Å². The molecule has 0 amide bonds. The number of carbonyl (C=O) groups excluding carboxylic acids is 1. The first-order chi connectivity index (χ1) is 19.3. The minimum Gasteiger partial charge on any atom is -0.438 e. The van der Waals surface area contributed by atoms with Crippen LogP contribution in [0.1, 0.15) is 92.9 Å². The van der Waals surface area contributed by atoms with Crippen molar-refractivity contribution in [2.24, 2.45) is 56.7 Å². The van der Waals surface area contributed by atoms with E-state index < -0.39 is 23.0 Å². The van der Waals surface area contributed by atoms with E-state index in [0.29, 0.717) is 37.4 Å². The van der Waals surface area contributed by atoms with E-state index in [-0.39, 0.29) is 47.4 Å². The number of carbonyl (C=O) groups is 1. The second-order valence-electron chi connectivity index (χ2n) is 15.6. The van der Waals surface area contributed by atoms with Gasteiger partial charge in [-0.25, -0.2) is 0 Å². The molecule has 4 fully saturated rings. The summed E-state index contributed by atoms with van der Waals surface area (Å²) in [4.78, 5) is 14.0. The summed E-state index contributed by atoms with van der Waals surface area (Å²) in [6.07, 6.45) is 7.78. The molecule has 0 radical (unpaired) electrons. The predicted molar refractivity (Wildman–Crippen MR) is 157 cm³/mol. The minimum atomic E-state index is -0.912. The van der Waals surface area contributed by atoms with Gasteiger partial charge in [0.1, 0.15) is 0 Å². The number of allylic oxidation sites excluding steroid dienone is 2. The number of fused-ring (bicyclic) bond motifs is 7. The average molecular weight is 577 g/mol. The minimum absolute atomic E-state index is 0.0134. The van der Waals surface area contributed by atoms with Gasteiger partial charge in [-0.15, -0.1) is 0 Å². The van der Waals surface area contributed by atoms with Crippen LogP contribution in [0.3, 0.4) is 0 Å². The third kappa shape index (κ3) is 4.34. The van der Waals surface area contributed by atoms with Crippen molar-refractivity contribution in [2.75, 3.05) is 33.7 Å². The Kier molecular flexibility index (Phi) is 8.33. The molecule has 234 valence electrons. The molecule has 0 aromatic rings. The standard InChI is InChI=1S/C34H56O7/c1-21-10-13-34(29(38)41-20-40-17-16-39-7)15-14-32(5)23(27(34)22(21)2)8-9-26-30(3)18-24(36)28(37)31(4,19-35)25(30)11-12-33(26,32)6/h8,21-22,24-28,35-37H,9-20H2,1-7H3/t21-,22+,24-,25?,26?,27?,28+,30+,31+,32-,33-,34+/m1/s1. The highest BCUT2D eigenvalue weighted by atomic mass is 16.7. The Labute approximate surface area is 247 Å². The average Bonchev–Trinajstić information content (AvgIpc) is 2.93. The molecule has 5 rings (SSSR count). The number of methoxy groups -OCH3 is 1. The predicted octanol–water partition coefficient (Wildman–Crippen LogP) is 5.11. The Morgan fingerprint density at radius 1 is 1.00 bits per heavy atom. The van der Waals surface area contributed by atoms with Crippen molar-refractivity contribution in [1.29, 1.82) is 0 Å². The lowest BCUT2D eigenvalue weighted by atomic mass is 9.33. The number of rotatable bonds is 7. The van der Waals surface area contributed by atoms with Crippen molar-refractivity contribution >= 4 is 5.97 Å². The molecule has 0 spiro atoms. The molecule has 7 nitrogen and oxygen atoms in total. The zero-order valence-electron chi connectivity index (χ0n) is 26.6. The van der Waals surface area contributed by atoms with E-state index in [1.54, 1.807) is 7.11 Å².